The van der Waals surface area contributed by atoms with E-state index < -0.39 is 0 Å². The van der Waals surface area contributed by atoms with Gasteiger partial charge in [-0.1, -0.05) is 12.1 Å². The number of aryl methyl sites for hydroxylation is 2. The molecule has 0 saturated heterocycles. The molecule has 0 bridgehead atoms. The van der Waals surface area contributed by atoms with Gasteiger partial charge in [-0.3, -0.25) is 0 Å². The zero-order chi connectivity index (χ0) is 14.0. The van der Waals surface area contributed by atoms with Crippen molar-refractivity contribution < 1.29 is 9.50 Å². The fourth-order valence-electron chi connectivity index (χ4n) is 2.74. The maximum atomic E-state index is 13.6. The largest absolute Gasteiger partial charge is 0.396 e. The van der Waals surface area contributed by atoms with Gasteiger partial charge in [-0.2, -0.15) is 0 Å². The van der Waals surface area contributed by atoms with E-state index in [4.69, 9.17) is 5.11 Å². The van der Waals surface area contributed by atoms with Gasteiger partial charge in [0.05, 0.1) is 0 Å². The predicted molar refractivity (Wildman–Crippen MR) is 75.6 cm³/mol. The van der Waals surface area contributed by atoms with Crippen LogP contribution in [0.15, 0.2) is 12.1 Å². The third-order valence-electron chi connectivity index (χ3n) is 4.05. The molecule has 1 aromatic carbocycles. The Morgan fingerprint density at radius 3 is 2.37 bits per heavy atom. The molecule has 19 heavy (non-hydrogen) atoms. The molecule has 0 heterocycles. The Morgan fingerprint density at radius 1 is 1.32 bits per heavy atom. The van der Waals surface area contributed by atoms with Crippen molar-refractivity contribution >= 4 is 0 Å². The lowest BCUT2D eigenvalue weighted by atomic mass is 10.00. The quantitative estimate of drug-likeness (QED) is 0.827. The van der Waals surface area contributed by atoms with Crippen molar-refractivity contribution in [3.63, 3.8) is 0 Å². The van der Waals surface area contributed by atoms with Crippen LogP contribution in [0.4, 0.5) is 4.39 Å². The average molecular weight is 265 g/mol. The van der Waals surface area contributed by atoms with Gasteiger partial charge in [-0.25, -0.2) is 4.39 Å². The van der Waals surface area contributed by atoms with E-state index in [9.17, 15) is 4.39 Å². The Morgan fingerprint density at radius 2 is 1.89 bits per heavy atom. The molecule has 1 aliphatic carbocycles. The Kier molecular flexibility index (Phi) is 4.58. The molecule has 0 aromatic heterocycles. The minimum absolute atomic E-state index is 0.106. The first-order chi connectivity index (χ1) is 9.02. The molecular formula is C16H24FNO. The molecule has 2 N–H and O–H groups in total. The highest BCUT2D eigenvalue weighted by Gasteiger charge is 2.31. The molecule has 3 heteroatoms. The van der Waals surface area contributed by atoms with Gasteiger partial charge in [0.15, 0.2) is 0 Å². The van der Waals surface area contributed by atoms with Crippen LogP contribution in [-0.4, -0.2) is 17.8 Å². The van der Waals surface area contributed by atoms with Gasteiger partial charge >= 0.3 is 0 Å². The number of nitrogens with one attached hydrogen (secondary N) is 1. The van der Waals surface area contributed by atoms with Gasteiger partial charge in [-0.05, 0) is 62.6 Å². The van der Waals surface area contributed by atoms with E-state index in [-0.39, 0.29) is 18.5 Å². The molecule has 2 rings (SSSR count). The fourth-order valence-corrected chi connectivity index (χ4v) is 2.74. The Bertz CT molecular complexity index is 419. The van der Waals surface area contributed by atoms with Crippen LogP contribution in [-0.2, 0) is 0 Å². The first kappa shape index (κ1) is 14.5. The highest BCUT2D eigenvalue weighted by molar-refractivity contribution is 5.32. The zero-order valence-electron chi connectivity index (χ0n) is 12.0. The number of benzene rings is 1. The van der Waals surface area contributed by atoms with E-state index in [0.29, 0.717) is 23.1 Å². The summed E-state index contributed by atoms with van der Waals surface area (Å²) in [5.74, 6) is 0.599. The summed E-state index contributed by atoms with van der Waals surface area (Å²) < 4.78 is 13.6. The molecule has 0 spiro atoms. The highest BCUT2D eigenvalue weighted by atomic mass is 19.1. The van der Waals surface area contributed by atoms with Crippen molar-refractivity contribution in [3.8, 4) is 0 Å². The maximum absolute atomic E-state index is 13.6. The van der Waals surface area contributed by atoms with Crippen LogP contribution in [0, 0.1) is 25.6 Å². The van der Waals surface area contributed by atoms with E-state index in [1.807, 2.05) is 26.0 Å². The van der Waals surface area contributed by atoms with Gasteiger partial charge in [0, 0.05) is 18.7 Å². The summed E-state index contributed by atoms with van der Waals surface area (Å²) in [5.41, 5.74) is 2.53. The van der Waals surface area contributed by atoms with E-state index in [0.717, 1.165) is 12.0 Å². The molecule has 1 saturated carbocycles. The predicted octanol–water partition coefficient (Wildman–Crippen LogP) is 3.25. The molecule has 1 aromatic rings. The van der Waals surface area contributed by atoms with Crippen molar-refractivity contribution in [2.45, 2.75) is 52.1 Å². The van der Waals surface area contributed by atoms with Crippen LogP contribution in [0.3, 0.4) is 0 Å². The van der Waals surface area contributed by atoms with Crippen LogP contribution < -0.4 is 5.32 Å². The molecule has 2 nitrogen and oxygen atoms in total. The summed E-state index contributed by atoms with van der Waals surface area (Å²) in [7, 11) is 0. The minimum Gasteiger partial charge on any atom is -0.396 e. The highest BCUT2D eigenvalue weighted by Crippen LogP contribution is 2.35. The molecule has 2 unspecified atom stereocenters. The normalized spacial score (nSPS) is 18.4. The van der Waals surface area contributed by atoms with E-state index in [1.54, 1.807) is 0 Å². The van der Waals surface area contributed by atoms with Crippen molar-refractivity contribution in [2.24, 2.45) is 5.92 Å². The minimum atomic E-state index is -0.106. The van der Waals surface area contributed by atoms with E-state index >= 15 is 0 Å². The van der Waals surface area contributed by atoms with Gasteiger partial charge < -0.3 is 10.4 Å². The second kappa shape index (κ2) is 6.02. The van der Waals surface area contributed by atoms with Crippen molar-refractivity contribution in [2.75, 3.05) is 6.61 Å². The third kappa shape index (κ3) is 3.54. The van der Waals surface area contributed by atoms with E-state index in [1.165, 1.54) is 12.8 Å². The molecular weight excluding hydrogens is 241 g/mol. The van der Waals surface area contributed by atoms with Crippen LogP contribution in [0.5, 0.6) is 0 Å². The smallest absolute Gasteiger partial charge is 0.129 e. The molecule has 1 aliphatic rings. The average Bonchev–Trinajstić information content (AvgIpc) is 3.18. The second-order valence-electron chi connectivity index (χ2n) is 5.81. The SMILES string of the molecule is Cc1cc(C(C)NC(CCO)C2CC2)cc(C)c1F. The third-order valence-corrected chi connectivity index (χ3v) is 4.05. The lowest BCUT2D eigenvalue weighted by Crippen LogP contribution is -2.34. The number of aliphatic hydroxyl groups is 1. The summed E-state index contributed by atoms with van der Waals surface area (Å²) in [6.07, 6.45) is 3.31. The monoisotopic (exact) mass is 265 g/mol. The molecule has 2 atom stereocenters. The van der Waals surface area contributed by atoms with Crippen molar-refractivity contribution in [1.29, 1.82) is 0 Å². The summed E-state index contributed by atoms with van der Waals surface area (Å²) in [5, 5.41) is 12.7. The van der Waals surface area contributed by atoms with Gasteiger partial charge in [0.2, 0.25) is 0 Å². The van der Waals surface area contributed by atoms with Crippen molar-refractivity contribution in [1.82, 2.24) is 5.32 Å². The zero-order valence-corrected chi connectivity index (χ0v) is 12.0. The summed E-state index contributed by atoms with van der Waals surface area (Å²) in [6.45, 7) is 5.95. The van der Waals surface area contributed by atoms with Gasteiger partial charge in [0.1, 0.15) is 5.82 Å². The van der Waals surface area contributed by atoms with Gasteiger partial charge in [0.25, 0.3) is 0 Å². The first-order valence-corrected chi connectivity index (χ1v) is 7.16. The summed E-state index contributed by atoms with van der Waals surface area (Å²) in [4.78, 5) is 0. The van der Waals surface area contributed by atoms with Gasteiger partial charge in [-0.15, -0.1) is 0 Å². The molecule has 106 valence electrons. The molecule has 0 amide bonds. The Hall–Kier alpha value is -0.930. The molecule has 0 radical (unpaired) electrons. The number of aliphatic hydroxyl groups excluding tert-OH is 1. The summed E-state index contributed by atoms with van der Waals surface area (Å²) in [6, 6.07) is 4.41. The Labute approximate surface area is 115 Å². The number of hydrogen-bond donors (Lipinski definition) is 2. The number of halogens is 1. The van der Waals surface area contributed by atoms with Crippen LogP contribution >= 0.6 is 0 Å². The standard InChI is InChI=1S/C16H24FNO/c1-10-8-14(9-11(2)16(10)17)12(3)18-15(6-7-19)13-4-5-13/h8-9,12-13,15,18-19H,4-7H2,1-3H3. The number of hydrogen-bond acceptors (Lipinski definition) is 2. The van der Waals surface area contributed by atoms with Crippen molar-refractivity contribution in [3.05, 3.63) is 34.6 Å². The first-order valence-electron chi connectivity index (χ1n) is 7.16. The van der Waals surface area contributed by atoms with E-state index in [2.05, 4.69) is 12.2 Å². The maximum Gasteiger partial charge on any atom is 0.129 e. The van der Waals surface area contributed by atoms with Crippen LogP contribution in [0.1, 0.15) is 48.9 Å². The second-order valence-corrected chi connectivity index (χ2v) is 5.81. The molecule has 0 aliphatic heterocycles. The lowest BCUT2D eigenvalue weighted by molar-refractivity contribution is 0.250. The summed E-state index contributed by atoms with van der Waals surface area (Å²) >= 11 is 0. The fraction of sp³-hybridized carbons (Fsp3) is 0.625. The Balaban J connectivity index is 2.08. The van der Waals surface area contributed by atoms with Crippen LogP contribution in [0.2, 0.25) is 0 Å². The number of rotatable bonds is 6. The lowest BCUT2D eigenvalue weighted by Gasteiger charge is -2.23. The topological polar surface area (TPSA) is 32.3 Å². The molecule has 1 fully saturated rings. The van der Waals surface area contributed by atoms with Crippen LogP contribution in [0.25, 0.3) is 0 Å².